The molecule has 0 aliphatic carbocycles. The van der Waals surface area contributed by atoms with Gasteiger partial charge < -0.3 is 29.6 Å². The average Bonchev–Trinajstić information content (AvgIpc) is 3.11. The SMILES string of the molecule is COc1c(NC(=O)c2ccc(C)c(Nc3ncnc4ccc(N5CCN(CCN6CCOCC6)CC5)nc34)c2)cc(C(C)(C)C)cc1N[S+](C)[O-]. The van der Waals surface area contributed by atoms with E-state index in [0.717, 1.165) is 93.7 Å². The highest BCUT2D eigenvalue weighted by Crippen LogP contribution is 2.39. The Labute approximate surface area is 303 Å². The topological polar surface area (TPSA) is 143 Å². The van der Waals surface area contributed by atoms with Gasteiger partial charge in [0.05, 0.1) is 42.9 Å². The van der Waals surface area contributed by atoms with Crippen LogP contribution in [-0.4, -0.2) is 114 Å². The fourth-order valence-electron chi connectivity index (χ4n) is 6.33. The zero-order chi connectivity index (χ0) is 36.1. The van der Waals surface area contributed by atoms with Crippen LogP contribution >= 0.6 is 0 Å². The Morgan fingerprint density at radius 2 is 1.65 bits per heavy atom. The number of pyridine rings is 1. The molecule has 2 aromatic heterocycles. The first-order chi connectivity index (χ1) is 24.5. The lowest BCUT2D eigenvalue weighted by atomic mass is 9.86. The van der Waals surface area contributed by atoms with E-state index in [-0.39, 0.29) is 11.3 Å². The highest BCUT2D eigenvalue weighted by molar-refractivity contribution is 7.92. The van der Waals surface area contributed by atoms with E-state index in [1.165, 1.54) is 13.4 Å². The Balaban J connectivity index is 1.18. The van der Waals surface area contributed by atoms with Gasteiger partial charge in [-0.1, -0.05) is 26.8 Å². The van der Waals surface area contributed by atoms with E-state index in [0.29, 0.717) is 34.0 Å². The summed E-state index contributed by atoms with van der Waals surface area (Å²) in [5, 5.41) is 6.47. The molecule has 2 aliphatic heterocycles. The number of ether oxygens (including phenoxy) is 2. The summed E-state index contributed by atoms with van der Waals surface area (Å²) < 4.78 is 26.2. The molecule has 3 N–H and O–H groups in total. The number of fused-ring (bicyclic) bond motifs is 1. The monoisotopic (exact) mass is 715 g/mol. The molecule has 1 unspecified atom stereocenters. The molecule has 0 spiro atoms. The maximum atomic E-state index is 13.7. The van der Waals surface area contributed by atoms with Crippen LogP contribution in [0.15, 0.2) is 48.8 Å². The van der Waals surface area contributed by atoms with Gasteiger partial charge in [0.2, 0.25) is 0 Å². The molecule has 51 heavy (non-hydrogen) atoms. The highest BCUT2D eigenvalue weighted by atomic mass is 32.2. The van der Waals surface area contributed by atoms with Gasteiger partial charge in [0.1, 0.15) is 29.6 Å². The molecule has 2 saturated heterocycles. The van der Waals surface area contributed by atoms with Crippen LogP contribution in [0.1, 0.15) is 42.3 Å². The Morgan fingerprint density at radius 3 is 2.33 bits per heavy atom. The molecule has 6 rings (SSSR count). The lowest BCUT2D eigenvalue weighted by Crippen LogP contribution is -2.49. The van der Waals surface area contributed by atoms with Crippen molar-refractivity contribution in [2.24, 2.45) is 0 Å². The number of piperazine rings is 1. The van der Waals surface area contributed by atoms with E-state index in [1.54, 1.807) is 18.4 Å². The first-order valence-electron chi connectivity index (χ1n) is 17.4. The molecule has 2 fully saturated rings. The number of anilines is 5. The number of amides is 1. The summed E-state index contributed by atoms with van der Waals surface area (Å²) in [5.41, 5.74) is 5.24. The van der Waals surface area contributed by atoms with Crippen molar-refractivity contribution in [2.45, 2.75) is 33.1 Å². The summed E-state index contributed by atoms with van der Waals surface area (Å²) in [4.78, 5) is 35.1. The van der Waals surface area contributed by atoms with Gasteiger partial charge in [0.15, 0.2) is 11.6 Å². The number of aryl methyl sites for hydroxylation is 1. The van der Waals surface area contributed by atoms with Gasteiger partial charge in [-0.2, -0.15) is 0 Å². The summed E-state index contributed by atoms with van der Waals surface area (Å²) in [6, 6.07) is 13.3. The molecule has 0 radical (unpaired) electrons. The molecular formula is C37H49N9O4S. The number of nitrogens with one attached hydrogen (secondary N) is 3. The van der Waals surface area contributed by atoms with E-state index >= 15 is 0 Å². The van der Waals surface area contributed by atoms with Crippen LogP contribution in [0.25, 0.3) is 11.0 Å². The van der Waals surface area contributed by atoms with Gasteiger partial charge in [0.25, 0.3) is 5.91 Å². The maximum Gasteiger partial charge on any atom is 0.255 e. The van der Waals surface area contributed by atoms with Crippen molar-refractivity contribution < 1.29 is 18.8 Å². The molecular weight excluding hydrogens is 667 g/mol. The summed E-state index contributed by atoms with van der Waals surface area (Å²) in [6.45, 7) is 17.8. The maximum absolute atomic E-state index is 13.7. The number of methoxy groups -OCH3 is 1. The van der Waals surface area contributed by atoms with Crippen LogP contribution < -0.4 is 25.0 Å². The Morgan fingerprint density at radius 1 is 0.941 bits per heavy atom. The second kappa shape index (κ2) is 16.0. The third-order valence-electron chi connectivity index (χ3n) is 9.41. The number of aromatic nitrogens is 3. The summed E-state index contributed by atoms with van der Waals surface area (Å²) in [6.07, 6.45) is 3.07. The Bertz CT molecular complexity index is 1840. The van der Waals surface area contributed by atoms with Crippen molar-refractivity contribution >= 4 is 57.0 Å². The van der Waals surface area contributed by atoms with Crippen LogP contribution in [0.5, 0.6) is 5.75 Å². The number of rotatable bonds is 11. The van der Waals surface area contributed by atoms with Crippen LogP contribution in [-0.2, 0) is 21.5 Å². The van der Waals surface area contributed by atoms with Gasteiger partial charge >= 0.3 is 0 Å². The predicted octanol–water partition coefficient (Wildman–Crippen LogP) is 4.79. The summed E-state index contributed by atoms with van der Waals surface area (Å²) in [5.74, 6) is 1.54. The number of hydrogen-bond acceptors (Lipinski definition) is 12. The van der Waals surface area contributed by atoms with Gasteiger partial charge in [0, 0.05) is 63.6 Å². The van der Waals surface area contributed by atoms with Gasteiger partial charge in [-0.15, -0.1) is 0 Å². The number of nitrogens with zero attached hydrogens (tertiary/aromatic N) is 6. The molecule has 0 saturated carbocycles. The highest BCUT2D eigenvalue weighted by Gasteiger charge is 2.24. The van der Waals surface area contributed by atoms with E-state index in [4.69, 9.17) is 14.5 Å². The number of morpholine rings is 1. The third-order valence-corrected chi connectivity index (χ3v) is 9.92. The number of carbonyl (C=O) groups excluding carboxylic acids is 1. The lowest BCUT2D eigenvalue weighted by molar-refractivity contribution is 0.0331. The number of hydrogen-bond donors (Lipinski definition) is 3. The van der Waals surface area contributed by atoms with Crippen molar-refractivity contribution in [1.82, 2.24) is 24.8 Å². The zero-order valence-corrected chi connectivity index (χ0v) is 31.2. The molecule has 2 aromatic carbocycles. The third kappa shape index (κ3) is 9.00. The van der Waals surface area contributed by atoms with Crippen molar-refractivity contribution in [2.75, 3.05) is 99.2 Å². The zero-order valence-electron chi connectivity index (χ0n) is 30.4. The summed E-state index contributed by atoms with van der Waals surface area (Å²) >= 11 is -1.34. The standard InChI is InChI=1S/C37H49N9O4S/c1-25-7-8-26(36(47)41-30-22-27(37(2,3)4)23-31(34(30)49-5)43-51(6)48)21-29(25)40-35-33-28(38-24-39-35)9-10-32(42-33)46-15-13-44(14-16-46)11-12-45-17-19-50-20-18-45/h7-10,21-24,43H,11-20H2,1-6H3,(H,41,47)(H,38,39,40). The second-order valence-corrected chi connectivity index (χ2v) is 15.2. The van der Waals surface area contributed by atoms with Crippen LogP contribution in [0.2, 0.25) is 0 Å². The minimum Gasteiger partial charge on any atom is -0.593 e. The minimum atomic E-state index is -1.34. The summed E-state index contributed by atoms with van der Waals surface area (Å²) in [7, 11) is 1.53. The van der Waals surface area contributed by atoms with E-state index in [2.05, 4.69) is 60.8 Å². The van der Waals surface area contributed by atoms with Crippen molar-refractivity contribution in [3.05, 3.63) is 65.5 Å². The van der Waals surface area contributed by atoms with E-state index in [1.807, 2.05) is 37.3 Å². The normalized spacial score (nSPS) is 16.6. The second-order valence-electron chi connectivity index (χ2n) is 14.1. The number of benzene rings is 2. The van der Waals surface area contributed by atoms with Gasteiger partial charge in [-0.25, -0.2) is 19.7 Å². The molecule has 4 heterocycles. The molecule has 0 bridgehead atoms. The largest absolute Gasteiger partial charge is 0.593 e. The Hall–Kier alpha value is -4.21. The molecule has 272 valence electrons. The van der Waals surface area contributed by atoms with Crippen molar-refractivity contribution in [3.8, 4) is 5.75 Å². The quantitative estimate of drug-likeness (QED) is 0.184. The fourth-order valence-corrected chi connectivity index (χ4v) is 6.79. The predicted molar refractivity (Wildman–Crippen MR) is 205 cm³/mol. The molecule has 1 atom stereocenters. The number of carbonyl (C=O) groups is 1. The van der Waals surface area contributed by atoms with Crippen LogP contribution in [0.4, 0.5) is 28.7 Å². The molecule has 2 aliphatic rings. The molecule has 4 aromatic rings. The van der Waals surface area contributed by atoms with E-state index in [9.17, 15) is 9.35 Å². The first kappa shape index (κ1) is 36.6. The van der Waals surface area contributed by atoms with Crippen LogP contribution in [0.3, 0.4) is 0 Å². The van der Waals surface area contributed by atoms with Crippen LogP contribution in [0, 0.1) is 6.92 Å². The Kier molecular flexibility index (Phi) is 11.5. The first-order valence-corrected chi connectivity index (χ1v) is 18.9. The van der Waals surface area contributed by atoms with Gasteiger partial charge in [-0.05, 0) is 59.9 Å². The average molecular weight is 716 g/mol. The smallest absolute Gasteiger partial charge is 0.255 e. The molecule has 14 heteroatoms. The lowest BCUT2D eigenvalue weighted by Gasteiger charge is -2.37. The van der Waals surface area contributed by atoms with Crippen molar-refractivity contribution in [1.29, 1.82) is 0 Å². The van der Waals surface area contributed by atoms with Crippen molar-refractivity contribution in [3.63, 3.8) is 0 Å². The van der Waals surface area contributed by atoms with E-state index < -0.39 is 11.4 Å². The van der Waals surface area contributed by atoms with Gasteiger partial charge in [-0.3, -0.25) is 14.6 Å². The fraction of sp³-hybridized carbons (Fsp3) is 0.459. The molecule has 1 amide bonds. The molecule has 13 nitrogen and oxygen atoms in total. The minimum absolute atomic E-state index is 0.232.